The van der Waals surface area contributed by atoms with Gasteiger partial charge >= 0.3 is 5.97 Å². The molecule has 2 aromatic rings. The number of nitro groups is 1. The molecule has 0 aliphatic rings. The summed E-state index contributed by atoms with van der Waals surface area (Å²) >= 11 is 0. The molecular formula is C17H17NO5. The number of ether oxygens (including phenoxy) is 2. The molecule has 23 heavy (non-hydrogen) atoms. The topological polar surface area (TPSA) is 78.7 Å². The summed E-state index contributed by atoms with van der Waals surface area (Å²) in [5, 5.41) is 12.7. The minimum absolute atomic E-state index is 0.0117. The van der Waals surface area contributed by atoms with Crippen LogP contribution in [-0.4, -0.2) is 24.1 Å². The van der Waals surface area contributed by atoms with E-state index < -0.39 is 10.9 Å². The van der Waals surface area contributed by atoms with Crippen molar-refractivity contribution in [1.29, 1.82) is 0 Å². The molecule has 0 heterocycles. The molecule has 0 bridgehead atoms. The van der Waals surface area contributed by atoms with E-state index in [1.54, 1.807) is 13.0 Å². The van der Waals surface area contributed by atoms with Crippen LogP contribution in [0.1, 0.15) is 19.4 Å². The molecule has 0 amide bonds. The molecule has 0 aromatic heterocycles. The van der Waals surface area contributed by atoms with Crippen molar-refractivity contribution in [1.82, 2.24) is 0 Å². The minimum atomic E-state index is -0.485. The average molecular weight is 315 g/mol. The maximum atomic E-state index is 11.5. The zero-order valence-electron chi connectivity index (χ0n) is 12.9. The van der Waals surface area contributed by atoms with Gasteiger partial charge in [-0.2, -0.15) is 0 Å². The van der Waals surface area contributed by atoms with Crippen LogP contribution in [0, 0.1) is 10.1 Å². The number of fused-ring (bicyclic) bond motifs is 1. The summed E-state index contributed by atoms with van der Waals surface area (Å²) in [6.07, 6.45) is 1.45. The molecule has 0 aliphatic carbocycles. The summed E-state index contributed by atoms with van der Waals surface area (Å²) < 4.78 is 10.3. The third-order valence-corrected chi connectivity index (χ3v) is 3.22. The third-order valence-electron chi connectivity index (χ3n) is 3.22. The Morgan fingerprint density at radius 1 is 1.26 bits per heavy atom. The quantitative estimate of drug-likeness (QED) is 0.463. The monoisotopic (exact) mass is 315 g/mol. The van der Waals surface area contributed by atoms with Crippen molar-refractivity contribution in [2.75, 3.05) is 13.2 Å². The van der Waals surface area contributed by atoms with E-state index in [0.717, 1.165) is 10.8 Å². The molecule has 0 atom stereocenters. The maximum absolute atomic E-state index is 11.5. The lowest BCUT2D eigenvalue weighted by Crippen LogP contribution is -2.15. The van der Waals surface area contributed by atoms with Crippen LogP contribution in [0.3, 0.4) is 0 Å². The van der Waals surface area contributed by atoms with Crippen molar-refractivity contribution < 1.29 is 19.2 Å². The van der Waals surface area contributed by atoms with Gasteiger partial charge in [0.1, 0.15) is 5.75 Å². The van der Waals surface area contributed by atoms with Gasteiger partial charge in [0.25, 0.3) is 0 Å². The predicted octanol–water partition coefficient (Wildman–Crippen LogP) is 3.42. The number of carbonyl (C=O) groups is 1. The Morgan fingerprint density at radius 2 is 2.00 bits per heavy atom. The number of rotatable bonds is 6. The van der Waals surface area contributed by atoms with E-state index in [0.29, 0.717) is 11.3 Å². The summed E-state index contributed by atoms with van der Waals surface area (Å²) in [5.41, 5.74) is 0.559. The van der Waals surface area contributed by atoms with Crippen LogP contribution in [0.4, 0.5) is 0 Å². The Morgan fingerprint density at radius 3 is 2.70 bits per heavy atom. The molecule has 0 radical (unpaired) electrons. The van der Waals surface area contributed by atoms with Gasteiger partial charge in [0, 0.05) is 18.6 Å². The second-order valence-corrected chi connectivity index (χ2v) is 4.84. The summed E-state index contributed by atoms with van der Waals surface area (Å²) in [5.74, 6) is -0.0838. The standard InChI is InChI=1S/C17H17NO5/c1-3-22-17(19)11-23-16-9-8-13-6-4-5-7-14(13)15(16)10-12(2)18(20)21/h4-10H,3,11H2,1-2H3. The van der Waals surface area contributed by atoms with E-state index in [4.69, 9.17) is 9.47 Å². The van der Waals surface area contributed by atoms with Crippen molar-refractivity contribution in [2.45, 2.75) is 13.8 Å². The van der Waals surface area contributed by atoms with Gasteiger partial charge in [-0.25, -0.2) is 4.79 Å². The van der Waals surface area contributed by atoms with E-state index >= 15 is 0 Å². The van der Waals surface area contributed by atoms with E-state index in [1.165, 1.54) is 13.0 Å². The average Bonchev–Trinajstić information content (AvgIpc) is 2.54. The first kappa shape index (κ1) is 16.5. The van der Waals surface area contributed by atoms with E-state index in [-0.39, 0.29) is 18.9 Å². The van der Waals surface area contributed by atoms with Gasteiger partial charge in [-0.05, 0) is 23.8 Å². The number of hydrogen-bond acceptors (Lipinski definition) is 5. The van der Waals surface area contributed by atoms with E-state index in [9.17, 15) is 14.9 Å². The Labute approximate surface area is 133 Å². The van der Waals surface area contributed by atoms with Crippen molar-refractivity contribution in [3.8, 4) is 5.75 Å². The third kappa shape index (κ3) is 4.06. The Hall–Kier alpha value is -2.89. The Kier molecular flexibility index (Phi) is 5.30. The van der Waals surface area contributed by atoms with E-state index in [1.807, 2.05) is 30.3 Å². The summed E-state index contributed by atoms with van der Waals surface area (Å²) in [6, 6.07) is 11.0. The molecule has 2 aromatic carbocycles. The summed E-state index contributed by atoms with van der Waals surface area (Å²) in [7, 11) is 0. The highest BCUT2D eigenvalue weighted by Gasteiger charge is 2.12. The second-order valence-electron chi connectivity index (χ2n) is 4.84. The van der Waals surface area contributed by atoms with Crippen LogP contribution in [0.15, 0.2) is 42.1 Å². The van der Waals surface area contributed by atoms with Gasteiger partial charge in [0.15, 0.2) is 6.61 Å². The first-order chi connectivity index (χ1) is 11.0. The lowest BCUT2D eigenvalue weighted by molar-refractivity contribution is -0.422. The fraction of sp³-hybridized carbons (Fsp3) is 0.235. The van der Waals surface area contributed by atoms with Crippen LogP contribution in [0.5, 0.6) is 5.75 Å². The molecule has 0 spiro atoms. The molecule has 120 valence electrons. The highest BCUT2D eigenvalue weighted by Crippen LogP contribution is 2.30. The number of carbonyl (C=O) groups excluding carboxylic acids is 1. The lowest BCUT2D eigenvalue weighted by atomic mass is 10.0. The lowest BCUT2D eigenvalue weighted by Gasteiger charge is -2.11. The van der Waals surface area contributed by atoms with E-state index in [2.05, 4.69) is 0 Å². The summed E-state index contributed by atoms with van der Waals surface area (Å²) in [6.45, 7) is 3.15. The van der Waals surface area contributed by atoms with Crippen molar-refractivity contribution in [3.05, 3.63) is 57.8 Å². The fourth-order valence-electron chi connectivity index (χ4n) is 2.15. The van der Waals surface area contributed by atoms with Gasteiger partial charge in [0.2, 0.25) is 5.70 Å². The molecule has 0 saturated carbocycles. The number of esters is 1. The first-order valence-electron chi connectivity index (χ1n) is 7.15. The number of nitrogens with zero attached hydrogens (tertiary/aromatic N) is 1. The number of hydrogen-bond donors (Lipinski definition) is 0. The Balaban J connectivity index is 2.45. The van der Waals surface area contributed by atoms with Crippen molar-refractivity contribution in [3.63, 3.8) is 0 Å². The maximum Gasteiger partial charge on any atom is 0.344 e. The van der Waals surface area contributed by atoms with Gasteiger partial charge < -0.3 is 9.47 Å². The second kappa shape index (κ2) is 7.40. The molecule has 0 fully saturated rings. The van der Waals surface area contributed by atoms with Gasteiger partial charge in [-0.15, -0.1) is 0 Å². The molecule has 0 aliphatic heterocycles. The van der Waals surface area contributed by atoms with Crippen molar-refractivity contribution >= 4 is 22.8 Å². The number of allylic oxidation sites excluding steroid dienone is 1. The van der Waals surface area contributed by atoms with Crippen molar-refractivity contribution in [2.24, 2.45) is 0 Å². The fourth-order valence-corrected chi connectivity index (χ4v) is 2.15. The highest BCUT2D eigenvalue weighted by molar-refractivity contribution is 5.93. The van der Waals surface area contributed by atoms with Gasteiger partial charge in [-0.3, -0.25) is 10.1 Å². The summed E-state index contributed by atoms with van der Waals surface area (Å²) in [4.78, 5) is 21.9. The van der Waals surface area contributed by atoms with Crippen LogP contribution in [0.2, 0.25) is 0 Å². The normalized spacial score (nSPS) is 11.3. The zero-order valence-corrected chi connectivity index (χ0v) is 12.9. The minimum Gasteiger partial charge on any atom is -0.481 e. The number of benzene rings is 2. The SMILES string of the molecule is CCOC(=O)COc1ccc2ccccc2c1C=C(C)[N+](=O)[O-]. The Bertz CT molecular complexity index is 767. The van der Waals surface area contributed by atoms with Crippen LogP contribution >= 0.6 is 0 Å². The molecule has 6 nitrogen and oxygen atoms in total. The van der Waals surface area contributed by atoms with Crippen LogP contribution in [-0.2, 0) is 9.53 Å². The molecule has 2 rings (SSSR count). The zero-order chi connectivity index (χ0) is 16.8. The van der Waals surface area contributed by atoms with Gasteiger partial charge in [0.05, 0.1) is 11.5 Å². The van der Waals surface area contributed by atoms with Crippen LogP contribution < -0.4 is 4.74 Å². The van der Waals surface area contributed by atoms with Crippen LogP contribution in [0.25, 0.3) is 16.8 Å². The molecule has 0 unspecified atom stereocenters. The molecular weight excluding hydrogens is 298 g/mol. The smallest absolute Gasteiger partial charge is 0.344 e. The largest absolute Gasteiger partial charge is 0.481 e. The highest BCUT2D eigenvalue weighted by atomic mass is 16.6. The molecule has 0 saturated heterocycles. The predicted molar refractivity (Wildman–Crippen MR) is 86.7 cm³/mol. The molecule has 0 N–H and O–H groups in total. The molecule has 6 heteroatoms. The first-order valence-corrected chi connectivity index (χ1v) is 7.15. The van der Waals surface area contributed by atoms with Gasteiger partial charge in [-0.1, -0.05) is 30.3 Å².